The van der Waals surface area contributed by atoms with Gasteiger partial charge in [-0.15, -0.1) is 0 Å². The molecule has 216 valence electrons. The molecule has 3 heterocycles. The van der Waals surface area contributed by atoms with Gasteiger partial charge >= 0.3 is 11.6 Å². The molecule has 0 bridgehead atoms. The van der Waals surface area contributed by atoms with Gasteiger partial charge < -0.3 is 33.4 Å². The van der Waals surface area contributed by atoms with Crippen LogP contribution in [0.15, 0.2) is 94.1 Å². The highest BCUT2D eigenvalue weighted by atomic mass is 16.8. The van der Waals surface area contributed by atoms with Gasteiger partial charge in [-0.05, 0) is 36.8 Å². The molecule has 0 radical (unpaired) electrons. The second-order valence-corrected chi connectivity index (χ2v) is 10.2. The van der Waals surface area contributed by atoms with Crippen LogP contribution in [0.4, 0.5) is 0 Å². The number of fused-ring (bicyclic) bond motifs is 2. The maximum absolute atomic E-state index is 13.3. The Kier molecular flexibility index (Phi) is 7.75. The van der Waals surface area contributed by atoms with E-state index in [9.17, 15) is 14.4 Å². The number of esters is 1. The first-order valence-electron chi connectivity index (χ1n) is 13.6. The van der Waals surface area contributed by atoms with Crippen molar-refractivity contribution in [3.8, 4) is 5.75 Å². The van der Waals surface area contributed by atoms with Gasteiger partial charge in [0.25, 0.3) is 0 Å². The molecule has 2 saturated heterocycles. The smallest absolute Gasteiger partial charge is 0.338 e. The third kappa shape index (κ3) is 5.78. The van der Waals surface area contributed by atoms with Crippen LogP contribution in [0, 0.1) is 6.92 Å². The van der Waals surface area contributed by atoms with E-state index >= 15 is 0 Å². The van der Waals surface area contributed by atoms with E-state index in [0.717, 1.165) is 16.5 Å². The third-order valence-corrected chi connectivity index (χ3v) is 7.21. The molecule has 1 aromatic heterocycles. The maximum atomic E-state index is 13.3. The zero-order valence-corrected chi connectivity index (χ0v) is 22.9. The normalized spacial score (nSPS) is 25.3. The van der Waals surface area contributed by atoms with E-state index in [-0.39, 0.29) is 12.5 Å². The van der Waals surface area contributed by atoms with Crippen molar-refractivity contribution < 1.29 is 37.7 Å². The summed E-state index contributed by atoms with van der Waals surface area (Å²) in [5, 5.41) is 3.59. The second kappa shape index (κ2) is 11.8. The topological polar surface area (TPSA) is 123 Å². The molecular weight excluding hydrogens is 542 g/mol. The van der Waals surface area contributed by atoms with Crippen molar-refractivity contribution in [3.05, 3.63) is 112 Å². The Hall–Kier alpha value is -4.51. The minimum atomic E-state index is -1.11. The van der Waals surface area contributed by atoms with Crippen LogP contribution < -0.4 is 15.7 Å². The van der Waals surface area contributed by atoms with Crippen LogP contribution in [0.3, 0.4) is 0 Å². The number of rotatable bonds is 6. The molecule has 10 nitrogen and oxygen atoms in total. The molecule has 0 aliphatic carbocycles. The van der Waals surface area contributed by atoms with Crippen molar-refractivity contribution in [2.45, 2.75) is 50.8 Å². The zero-order chi connectivity index (χ0) is 29.2. The van der Waals surface area contributed by atoms with Crippen LogP contribution in [-0.2, 0) is 23.7 Å². The molecule has 1 amide bonds. The van der Waals surface area contributed by atoms with Gasteiger partial charge in [0.15, 0.2) is 12.4 Å². The predicted octanol–water partition coefficient (Wildman–Crippen LogP) is 4.05. The maximum Gasteiger partial charge on any atom is 0.338 e. The van der Waals surface area contributed by atoms with Crippen molar-refractivity contribution in [1.82, 2.24) is 5.32 Å². The number of amides is 1. The molecule has 1 N–H and O–H groups in total. The number of aryl methyl sites for hydroxylation is 1. The largest absolute Gasteiger partial charge is 0.462 e. The standard InChI is InChI=1S/C32H29NO9/c1-18-15-26(35)39-24-16-22(13-14-23(18)24)38-32-27(33-19(2)34)29(41-30(36)20-9-5-3-6-10-20)28-25(40-32)17-37-31(42-28)21-11-7-4-8-12-21/h3-16,25,27-29,31-32H,17H2,1-2H3,(H,33,34)/t25-,27-,28+,29-,31+,32+/m1/s1. The van der Waals surface area contributed by atoms with Crippen molar-refractivity contribution in [2.75, 3.05) is 6.61 Å². The van der Waals surface area contributed by atoms with Gasteiger partial charge in [-0.1, -0.05) is 48.5 Å². The zero-order valence-electron chi connectivity index (χ0n) is 22.9. The van der Waals surface area contributed by atoms with Crippen LogP contribution in [0.25, 0.3) is 11.0 Å². The first-order chi connectivity index (χ1) is 20.4. The first-order valence-corrected chi connectivity index (χ1v) is 13.6. The van der Waals surface area contributed by atoms with E-state index in [1.165, 1.54) is 13.0 Å². The Bertz CT molecular complexity index is 1640. The lowest BCUT2D eigenvalue weighted by molar-refractivity contribution is -0.333. The fraction of sp³-hybridized carbons (Fsp3) is 0.281. The summed E-state index contributed by atoms with van der Waals surface area (Å²) in [7, 11) is 0. The number of carbonyl (C=O) groups is 2. The van der Waals surface area contributed by atoms with E-state index in [1.807, 2.05) is 37.3 Å². The predicted molar refractivity (Wildman–Crippen MR) is 150 cm³/mol. The van der Waals surface area contributed by atoms with Gasteiger partial charge in [0.2, 0.25) is 12.2 Å². The van der Waals surface area contributed by atoms with Crippen LogP contribution >= 0.6 is 0 Å². The average Bonchev–Trinajstić information content (AvgIpc) is 2.99. The van der Waals surface area contributed by atoms with Gasteiger partial charge in [0.05, 0.1) is 12.2 Å². The summed E-state index contributed by atoms with van der Waals surface area (Å²) in [6.45, 7) is 3.28. The Morgan fingerprint density at radius 3 is 2.40 bits per heavy atom. The Labute approximate surface area is 241 Å². The van der Waals surface area contributed by atoms with Crippen LogP contribution in [0.2, 0.25) is 0 Å². The lowest BCUT2D eigenvalue weighted by atomic mass is 9.95. The quantitative estimate of drug-likeness (QED) is 0.270. The van der Waals surface area contributed by atoms with Crippen LogP contribution in [-0.4, -0.2) is 49.1 Å². The van der Waals surface area contributed by atoms with E-state index in [4.69, 9.17) is 28.1 Å². The lowest BCUT2D eigenvalue weighted by Crippen LogP contribution is -2.68. The van der Waals surface area contributed by atoms with Gasteiger partial charge in [-0.3, -0.25) is 4.79 Å². The number of hydrogen-bond acceptors (Lipinski definition) is 9. The molecule has 0 saturated carbocycles. The highest BCUT2D eigenvalue weighted by Gasteiger charge is 2.53. The summed E-state index contributed by atoms with van der Waals surface area (Å²) in [6, 6.07) is 23.4. The molecule has 0 unspecified atom stereocenters. The summed E-state index contributed by atoms with van der Waals surface area (Å²) < 4.78 is 36.3. The molecule has 6 atom stereocenters. The van der Waals surface area contributed by atoms with Crippen molar-refractivity contribution >= 4 is 22.8 Å². The van der Waals surface area contributed by atoms with Gasteiger partial charge in [-0.25, -0.2) is 9.59 Å². The molecule has 10 heteroatoms. The number of nitrogens with one attached hydrogen (secondary N) is 1. The van der Waals surface area contributed by atoms with E-state index in [2.05, 4.69) is 5.32 Å². The number of benzene rings is 3. The first kappa shape index (κ1) is 27.6. The summed E-state index contributed by atoms with van der Waals surface area (Å²) in [5.74, 6) is -0.657. The summed E-state index contributed by atoms with van der Waals surface area (Å²) in [6.07, 6.45) is -4.37. The summed E-state index contributed by atoms with van der Waals surface area (Å²) in [5.41, 5.74) is 1.74. The molecule has 3 aromatic carbocycles. The van der Waals surface area contributed by atoms with Gasteiger partial charge in [-0.2, -0.15) is 0 Å². The summed E-state index contributed by atoms with van der Waals surface area (Å²) in [4.78, 5) is 37.7. The Balaban J connectivity index is 1.34. The summed E-state index contributed by atoms with van der Waals surface area (Å²) >= 11 is 0. The molecule has 4 aromatic rings. The van der Waals surface area contributed by atoms with Crippen LogP contribution in [0.1, 0.15) is 34.7 Å². The van der Waals surface area contributed by atoms with Crippen molar-refractivity contribution in [2.24, 2.45) is 0 Å². The highest BCUT2D eigenvalue weighted by molar-refractivity contribution is 5.89. The monoisotopic (exact) mass is 571 g/mol. The molecule has 2 aliphatic rings. The average molecular weight is 572 g/mol. The molecule has 2 fully saturated rings. The molecular formula is C32H29NO9. The van der Waals surface area contributed by atoms with Crippen molar-refractivity contribution in [3.63, 3.8) is 0 Å². The minimum Gasteiger partial charge on any atom is -0.462 e. The number of carbonyl (C=O) groups excluding carboxylic acids is 2. The lowest BCUT2D eigenvalue weighted by Gasteiger charge is -2.48. The fourth-order valence-electron chi connectivity index (χ4n) is 5.26. The second-order valence-electron chi connectivity index (χ2n) is 10.2. The number of hydrogen-bond donors (Lipinski definition) is 1. The Morgan fingerprint density at radius 2 is 1.67 bits per heavy atom. The molecule has 6 rings (SSSR count). The van der Waals surface area contributed by atoms with E-state index < -0.39 is 48.5 Å². The molecule has 0 spiro atoms. The molecule has 2 aliphatic heterocycles. The Morgan fingerprint density at radius 1 is 0.929 bits per heavy atom. The van der Waals surface area contributed by atoms with Gasteiger partial charge in [0, 0.05) is 30.0 Å². The SMILES string of the molecule is CC(=O)N[C@H]1[C@@H](Oc2ccc3c(C)cc(=O)oc3c2)O[C@@H]2CO[C@H](c3ccccc3)O[C@@H]2[C@@H]1OC(=O)c1ccccc1. The van der Waals surface area contributed by atoms with E-state index in [1.54, 1.807) is 48.5 Å². The van der Waals surface area contributed by atoms with Crippen LogP contribution in [0.5, 0.6) is 5.75 Å². The van der Waals surface area contributed by atoms with Gasteiger partial charge in [0.1, 0.15) is 29.6 Å². The highest BCUT2D eigenvalue weighted by Crippen LogP contribution is 2.37. The van der Waals surface area contributed by atoms with E-state index in [0.29, 0.717) is 16.9 Å². The van der Waals surface area contributed by atoms with Crippen molar-refractivity contribution in [1.29, 1.82) is 0 Å². The number of ether oxygens (including phenoxy) is 5. The fourth-order valence-corrected chi connectivity index (χ4v) is 5.26. The molecule has 42 heavy (non-hydrogen) atoms. The third-order valence-electron chi connectivity index (χ3n) is 7.21. The minimum absolute atomic E-state index is 0.113.